The Kier molecular flexibility index (Phi) is 7.27. The normalized spacial score (nSPS) is 10.4. The molecule has 0 atom stereocenters. The minimum Gasteiger partial charge on any atom is -0.326 e. The van der Waals surface area contributed by atoms with Crippen molar-refractivity contribution in [3.05, 3.63) is 89.2 Å². The smallest absolute Gasteiger partial charge is 0.234 e. The second kappa shape index (κ2) is 10.1. The van der Waals surface area contributed by atoms with Gasteiger partial charge in [-0.1, -0.05) is 41.9 Å². The number of rotatable bonds is 7. The lowest BCUT2D eigenvalue weighted by atomic mass is 10.1. The summed E-state index contributed by atoms with van der Waals surface area (Å²) < 4.78 is 13.6. The van der Waals surface area contributed by atoms with Gasteiger partial charge in [-0.2, -0.15) is 0 Å². The third kappa shape index (κ3) is 6.62. The first-order valence-corrected chi connectivity index (χ1v) is 10.2. The molecule has 0 saturated heterocycles. The molecule has 3 aromatic rings. The van der Waals surface area contributed by atoms with Gasteiger partial charge in [0, 0.05) is 15.6 Å². The van der Waals surface area contributed by atoms with Crippen LogP contribution in [0.15, 0.2) is 77.7 Å². The van der Waals surface area contributed by atoms with Gasteiger partial charge >= 0.3 is 0 Å². The highest BCUT2D eigenvalue weighted by Gasteiger charge is 2.08. The van der Waals surface area contributed by atoms with Crippen LogP contribution in [-0.2, 0) is 16.0 Å². The lowest BCUT2D eigenvalue weighted by Gasteiger charge is -2.09. The van der Waals surface area contributed by atoms with Crippen molar-refractivity contribution in [1.82, 2.24) is 0 Å². The van der Waals surface area contributed by atoms with Gasteiger partial charge < -0.3 is 10.6 Å². The van der Waals surface area contributed by atoms with Crippen molar-refractivity contribution in [1.29, 1.82) is 0 Å². The van der Waals surface area contributed by atoms with Gasteiger partial charge in [0.05, 0.1) is 17.9 Å². The summed E-state index contributed by atoms with van der Waals surface area (Å²) in [6.07, 6.45) is 0.236. The van der Waals surface area contributed by atoms with Crippen molar-refractivity contribution in [2.75, 3.05) is 16.4 Å². The number of nitrogens with one attached hydrogen (secondary N) is 2. The van der Waals surface area contributed by atoms with Crippen molar-refractivity contribution in [2.24, 2.45) is 0 Å². The molecule has 0 radical (unpaired) electrons. The average Bonchev–Trinajstić information content (AvgIpc) is 2.70. The van der Waals surface area contributed by atoms with E-state index in [1.165, 1.54) is 23.9 Å². The van der Waals surface area contributed by atoms with E-state index in [-0.39, 0.29) is 29.7 Å². The molecule has 0 aliphatic heterocycles. The molecule has 7 heteroatoms. The van der Waals surface area contributed by atoms with Crippen molar-refractivity contribution < 1.29 is 14.0 Å². The first-order chi connectivity index (χ1) is 14.0. The minimum atomic E-state index is -0.476. The summed E-state index contributed by atoms with van der Waals surface area (Å²) in [5.74, 6) is -0.809. The van der Waals surface area contributed by atoms with E-state index in [1.807, 2.05) is 18.2 Å². The zero-order valence-corrected chi connectivity index (χ0v) is 16.9. The van der Waals surface area contributed by atoms with E-state index in [0.29, 0.717) is 10.7 Å². The fourth-order valence-corrected chi connectivity index (χ4v) is 3.44. The van der Waals surface area contributed by atoms with Crippen LogP contribution in [0.2, 0.25) is 5.02 Å². The Hall–Kier alpha value is -2.83. The van der Waals surface area contributed by atoms with E-state index in [2.05, 4.69) is 10.6 Å². The lowest BCUT2D eigenvalue weighted by Crippen LogP contribution is -2.15. The topological polar surface area (TPSA) is 58.2 Å². The minimum absolute atomic E-state index is 0.122. The number of para-hydroxylation sites is 1. The third-order valence-corrected chi connectivity index (χ3v) is 5.16. The SMILES string of the molecule is O=C(Cc1ccc(Cl)cc1)Nc1cccc(SCC(=O)Nc2ccccc2F)c1. The molecule has 0 aromatic heterocycles. The molecular weight excluding hydrogens is 411 g/mol. The van der Waals surface area contributed by atoms with Gasteiger partial charge in [-0.25, -0.2) is 4.39 Å². The van der Waals surface area contributed by atoms with Crippen LogP contribution in [0, 0.1) is 5.82 Å². The molecule has 148 valence electrons. The van der Waals surface area contributed by atoms with Gasteiger partial charge in [-0.3, -0.25) is 9.59 Å². The summed E-state index contributed by atoms with van der Waals surface area (Å²) in [4.78, 5) is 25.1. The zero-order valence-electron chi connectivity index (χ0n) is 15.3. The molecule has 29 heavy (non-hydrogen) atoms. The van der Waals surface area contributed by atoms with Crippen molar-refractivity contribution in [2.45, 2.75) is 11.3 Å². The third-order valence-electron chi connectivity index (χ3n) is 3.91. The second-order valence-corrected chi connectivity index (χ2v) is 7.68. The maximum atomic E-state index is 13.6. The first-order valence-electron chi connectivity index (χ1n) is 8.81. The summed E-state index contributed by atoms with van der Waals surface area (Å²) >= 11 is 7.15. The van der Waals surface area contributed by atoms with E-state index in [1.54, 1.807) is 42.5 Å². The van der Waals surface area contributed by atoms with Crippen molar-refractivity contribution >= 4 is 46.6 Å². The van der Waals surface area contributed by atoms with Crippen LogP contribution in [0.3, 0.4) is 0 Å². The van der Waals surface area contributed by atoms with Gasteiger partial charge in [0.25, 0.3) is 0 Å². The van der Waals surface area contributed by atoms with E-state index in [9.17, 15) is 14.0 Å². The molecule has 3 rings (SSSR count). The number of anilines is 2. The van der Waals surface area contributed by atoms with Gasteiger partial charge in [0.15, 0.2) is 0 Å². The maximum absolute atomic E-state index is 13.6. The van der Waals surface area contributed by atoms with Gasteiger partial charge in [0.1, 0.15) is 5.82 Å². The highest BCUT2D eigenvalue weighted by Crippen LogP contribution is 2.22. The molecule has 2 N–H and O–H groups in total. The fraction of sp³-hybridized carbons (Fsp3) is 0.0909. The van der Waals surface area contributed by atoms with Crippen LogP contribution in [0.5, 0.6) is 0 Å². The number of carbonyl (C=O) groups excluding carboxylic acids is 2. The number of halogens is 2. The van der Waals surface area contributed by atoms with E-state index in [0.717, 1.165) is 10.5 Å². The van der Waals surface area contributed by atoms with Gasteiger partial charge in [0.2, 0.25) is 11.8 Å². The first kappa shape index (κ1) is 20.9. The molecule has 0 heterocycles. The number of hydrogen-bond acceptors (Lipinski definition) is 3. The molecule has 0 bridgehead atoms. The van der Waals surface area contributed by atoms with Gasteiger partial charge in [-0.15, -0.1) is 11.8 Å². The Bertz CT molecular complexity index is 1010. The Morgan fingerprint density at radius 1 is 0.897 bits per heavy atom. The Labute approximate surface area is 177 Å². The predicted octanol–water partition coefficient (Wildman–Crippen LogP) is 5.39. The van der Waals surface area contributed by atoms with Crippen LogP contribution >= 0.6 is 23.4 Å². The summed E-state index contributed by atoms with van der Waals surface area (Å²) in [7, 11) is 0. The lowest BCUT2D eigenvalue weighted by molar-refractivity contribution is -0.115. The molecule has 4 nitrogen and oxygen atoms in total. The maximum Gasteiger partial charge on any atom is 0.234 e. The fourth-order valence-electron chi connectivity index (χ4n) is 2.55. The largest absolute Gasteiger partial charge is 0.326 e. The van der Waals surface area contributed by atoms with Crippen LogP contribution in [0.1, 0.15) is 5.56 Å². The Morgan fingerprint density at radius 2 is 1.66 bits per heavy atom. The van der Waals surface area contributed by atoms with Gasteiger partial charge in [-0.05, 0) is 48.0 Å². The number of thioether (sulfide) groups is 1. The van der Waals surface area contributed by atoms with Crippen molar-refractivity contribution in [3.63, 3.8) is 0 Å². The number of amides is 2. The summed E-state index contributed by atoms with van der Waals surface area (Å²) in [5, 5.41) is 6.01. The van der Waals surface area contributed by atoms with Crippen molar-refractivity contribution in [3.8, 4) is 0 Å². The molecule has 0 unspecified atom stereocenters. The van der Waals surface area contributed by atoms with Crippen LogP contribution < -0.4 is 10.6 Å². The number of hydrogen-bond donors (Lipinski definition) is 2. The predicted molar refractivity (Wildman–Crippen MR) is 116 cm³/mol. The Balaban J connectivity index is 1.52. The van der Waals surface area contributed by atoms with Crippen LogP contribution in [0.25, 0.3) is 0 Å². The summed E-state index contributed by atoms with van der Waals surface area (Å²) in [5.41, 5.74) is 1.66. The number of carbonyl (C=O) groups is 2. The highest BCUT2D eigenvalue weighted by molar-refractivity contribution is 8.00. The molecular formula is C22H18ClFN2O2S. The van der Waals surface area contributed by atoms with Crippen LogP contribution in [-0.4, -0.2) is 17.6 Å². The monoisotopic (exact) mass is 428 g/mol. The van der Waals surface area contributed by atoms with E-state index < -0.39 is 5.82 Å². The molecule has 0 saturated carbocycles. The Morgan fingerprint density at radius 3 is 2.41 bits per heavy atom. The highest BCUT2D eigenvalue weighted by atomic mass is 35.5. The standard InChI is InChI=1S/C22H18ClFN2O2S/c23-16-10-8-15(9-11-16)12-21(27)25-17-4-3-5-18(13-17)29-14-22(28)26-20-7-2-1-6-19(20)24/h1-11,13H,12,14H2,(H,25,27)(H,26,28). The molecule has 0 spiro atoms. The van der Waals surface area contributed by atoms with E-state index in [4.69, 9.17) is 11.6 Å². The summed E-state index contributed by atoms with van der Waals surface area (Å²) in [6.45, 7) is 0. The molecule has 3 aromatic carbocycles. The second-order valence-electron chi connectivity index (χ2n) is 6.20. The number of benzene rings is 3. The molecule has 0 aliphatic rings. The molecule has 0 fully saturated rings. The summed E-state index contributed by atoms with van der Waals surface area (Å²) in [6, 6.07) is 20.3. The van der Waals surface area contributed by atoms with E-state index >= 15 is 0 Å². The average molecular weight is 429 g/mol. The quantitative estimate of drug-likeness (QED) is 0.496. The molecule has 0 aliphatic carbocycles. The van der Waals surface area contributed by atoms with Crippen LogP contribution in [0.4, 0.5) is 15.8 Å². The molecule has 2 amide bonds. The zero-order chi connectivity index (χ0) is 20.6.